The molecule has 2 atom stereocenters. The number of carboxylic acid groups (broad SMARTS) is 1. The molecule has 6 heteroatoms. The molecule has 0 aliphatic carbocycles. The fraction of sp³-hybridized carbons (Fsp3) is 0.625. The lowest BCUT2D eigenvalue weighted by molar-refractivity contribution is -0.148. The number of esters is 1. The number of ether oxygens (including phenoxy) is 1. The zero-order chi connectivity index (χ0) is 10.9. The van der Waals surface area contributed by atoms with Gasteiger partial charge in [0, 0.05) is 5.92 Å². The van der Waals surface area contributed by atoms with Crippen LogP contribution in [0.25, 0.3) is 0 Å². The van der Waals surface area contributed by atoms with Gasteiger partial charge in [0.2, 0.25) is 5.91 Å². The topological polar surface area (TPSA) is 83.9 Å². The van der Waals surface area contributed by atoms with Gasteiger partial charge in [-0.05, 0) is 6.42 Å². The molecule has 1 unspecified atom stereocenters. The van der Waals surface area contributed by atoms with Crippen molar-refractivity contribution >= 4 is 18.0 Å². The SMILES string of the molecule is COC(=O)[C@@H]1CC(C)C(=O)N1C(=O)O. The summed E-state index contributed by atoms with van der Waals surface area (Å²) < 4.78 is 4.42. The van der Waals surface area contributed by atoms with Gasteiger partial charge in [0.05, 0.1) is 7.11 Å². The molecule has 0 spiro atoms. The Kier molecular flexibility index (Phi) is 2.73. The summed E-state index contributed by atoms with van der Waals surface area (Å²) in [5.74, 6) is -1.69. The van der Waals surface area contributed by atoms with Crippen molar-refractivity contribution in [3.63, 3.8) is 0 Å². The van der Waals surface area contributed by atoms with Gasteiger partial charge in [-0.3, -0.25) is 4.79 Å². The van der Waals surface area contributed by atoms with Crippen LogP contribution in [0.2, 0.25) is 0 Å². The molecule has 78 valence electrons. The molecular formula is C8H11NO5. The number of hydrogen-bond donors (Lipinski definition) is 1. The van der Waals surface area contributed by atoms with Crippen molar-refractivity contribution in [2.24, 2.45) is 5.92 Å². The molecule has 1 fully saturated rings. The number of likely N-dealkylation sites (tertiary alicyclic amines) is 1. The van der Waals surface area contributed by atoms with Crippen LogP contribution in [0, 0.1) is 5.92 Å². The van der Waals surface area contributed by atoms with E-state index in [-0.39, 0.29) is 6.42 Å². The van der Waals surface area contributed by atoms with Crippen LogP contribution in [0.15, 0.2) is 0 Å². The van der Waals surface area contributed by atoms with E-state index < -0.39 is 29.9 Å². The third-order valence-corrected chi connectivity index (χ3v) is 2.23. The van der Waals surface area contributed by atoms with Crippen LogP contribution in [0.4, 0.5) is 4.79 Å². The molecule has 1 rings (SSSR count). The number of hydrogen-bond acceptors (Lipinski definition) is 4. The Labute approximate surface area is 80.4 Å². The van der Waals surface area contributed by atoms with Gasteiger partial charge in [0.1, 0.15) is 6.04 Å². The van der Waals surface area contributed by atoms with E-state index in [0.717, 1.165) is 7.11 Å². The summed E-state index contributed by atoms with van der Waals surface area (Å²) in [4.78, 5) is 33.7. The fourth-order valence-corrected chi connectivity index (χ4v) is 1.50. The monoisotopic (exact) mass is 201 g/mol. The van der Waals surface area contributed by atoms with Crippen LogP contribution in [0.3, 0.4) is 0 Å². The van der Waals surface area contributed by atoms with Crippen molar-refractivity contribution < 1.29 is 24.2 Å². The largest absolute Gasteiger partial charge is 0.467 e. The number of carbonyl (C=O) groups excluding carboxylic acids is 2. The Hall–Kier alpha value is -1.59. The molecule has 1 aliphatic heterocycles. The number of amides is 2. The van der Waals surface area contributed by atoms with E-state index in [4.69, 9.17) is 5.11 Å². The maximum absolute atomic E-state index is 11.3. The Morgan fingerprint density at radius 1 is 1.57 bits per heavy atom. The van der Waals surface area contributed by atoms with E-state index in [0.29, 0.717) is 4.90 Å². The second-order valence-electron chi connectivity index (χ2n) is 3.17. The highest BCUT2D eigenvalue weighted by molar-refractivity contribution is 5.99. The first-order chi connectivity index (χ1) is 6.49. The molecule has 0 radical (unpaired) electrons. The minimum absolute atomic E-state index is 0.192. The maximum atomic E-state index is 11.3. The zero-order valence-electron chi connectivity index (χ0n) is 7.89. The first-order valence-electron chi connectivity index (χ1n) is 4.12. The molecule has 0 aromatic rings. The van der Waals surface area contributed by atoms with Gasteiger partial charge < -0.3 is 9.84 Å². The molecule has 0 aromatic heterocycles. The number of carbonyl (C=O) groups is 3. The molecule has 1 N–H and O–H groups in total. The van der Waals surface area contributed by atoms with Gasteiger partial charge >= 0.3 is 12.1 Å². The number of imide groups is 1. The van der Waals surface area contributed by atoms with Crippen LogP contribution in [0.1, 0.15) is 13.3 Å². The summed E-state index contributed by atoms with van der Waals surface area (Å²) in [5, 5.41) is 8.71. The van der Waals surface area contributed by atoms with Crippen LogP contribution in [-0.2, 0) is 14.3 Å². The first-order valence-corrected chi connectivity index (χ1v) is 4.12. The molecule has 0 saturated carbocycles. The Balaban J connectivity index is 2.91. The molecule has 0 bridgehead atoms. The minimum atomic E-state index is -1.41. The van der Waals surface area contributed by atoms with Crippen LogP contribution in [0.5, 0.6) is 0 Å². The predicted octanol–water partition coefficient (Wildman–Crippen LogP) is 0.0744. The summed E-state index contributed by atoms with van der Waals surface area (Å²) >= 11 is 0. The van der Waals surface area contributed by atoms with Gasteiger partial charge in [-0.15, -0.1) is 0 Å². The van der Waals surface area contributed by atoms with E-state index in [1.807, 2.05) is 0 Å². The van der Waals surface area contributed by atoms with Crippen molar-refractivity contribution in [2.45, 2.75) is 19.4 Å². The lowest BCUT2D eigenvalue weighted by Crippen LogP contribution is -2.42. The summed E-state index contributed by atoms with van der Waals surface area (Å²) in [7, 11) is 1.16. The lowest BCUT2D eigenvalue weighted by atomic mass is 10.1. The average molecular weight is 201 g/mol. The van der Waals surface area contributed by atoms with Gasteiger partial charge in [-0.1, -0.05) is 6.92 Å². The maximum Gasteiger partial charge on any atom is 0.414 e. The minimum Gasteiger partial charge on any atom is -0.467 e. The molecule has 1 aliphatic rings. The quantitative estimate of drug-likeness (QED) is 0.607. The Bertz CT molecular complexity index is 287. The summed E-state index contributed by atoms with van der Waals surface area (Å²) in [6.45, 7) is 1.58. The van der Waals surface area contributed by atoms with Crippen molar-refractivity contribution in [2.75, 3.05) is 7.11 Å². The molecule has 1 saturated heterocycles. The number of nitrogens with zero attached hydrogens (tertiary/aromatic N) is 1. The van der Waals surface area contributed by atoms with Gasteiger partial charge in [0.15, 0.2) is 0 Å². The van der Waals surface area contributed by atoms with Crippen molar-refractivity contribution in [1.29, 1.82) is 0 Å². The fourth-order valence-electron chi connectivity index (χ4n) is 1.50. The lowest BCUT2D eigenvalue weighted by Gasteiger charge is -2.16. The van der Waals surface area contributed by atoms with Crippen LogP contribution >= 0.6 is 0 Å². The van der Waals surface area contributed by atoms with Crippen LogP contribution < -0.4 is 0 Å². The van der Waals surface area contributed by atoms with Crippen molar-refractivity contribution in [3.05, 3.63) is 0 Å². The van der Waals surface area contributed by atoms with Crippen molar-refractivity contribution in [1.82, 2.24) is 4.90 Å². The van der Waals surface area contributed by atoms with E-state index in [1.54, 1.807) is 6.92 Å². The molecule has 1 heterocycles. The summed E-state index contributed by atoms with van der Waals surface area (Å²) in [6, 6.07) is -0.986. The Morgan fingerprint density at radius 2 is 2.14 bits per heavy atom. The third kappa shape index (κ3) is 1.55. The van der Waals surface area contributed by atoms with Gasteiger partial charge in [-0.2, -0.15) is 0 Å². The number of methoxy groups -OCH3 is 1. The van der Waals surface area contributed by atoms with Gasteiger partial charge in [-0.25, -0.2) is 14.5 Å². The van der Waals surface area contributed by atoms with E-state index in [9.17, 15) is 14.4 Å². The van der Waals surface area contributed by atoms with E-state index >= 15 is 0 Å². The normalized spacial score (nSPS) is 26.4. The highest BCUT2D eigenvalue weighted by atomic mass is 16.5. The predicted molar refractivity (Wildman–Crippen MR) is 44.5 cm³/mol. The molecular weight excluding hydrogens is 190 g/mol. The summed E-state index contributed by atoms with van der Waals surface area (Å²) in [6.07, 6.45) is -1.22. The van der Waals surface area contributed by atoms with E-state index in [2.05, 4.69) is 4.74 Å². The molecule has 2 amide bonds. The Morgan fingerprint density at radius 3 is 2.57 bits per heavy atom. The molecule has 0 aromatic carbocycles. The molecule has 14 heavy (non-hydrogen) atoms. The second-order valence-corrected chi connectivity index (χ2v) is 3.17. The standard InChI is InChI=1S/C8H11NO5/c1-4-3-5(7(11)14-2)9(6(4)10)8(12)13/h4-5H,3H2,1-2H3,(H,12,13)/t4?,5-/m0/s1. The van der Waals surface area contributed by atoms with Crippen LogP contribution in [-0.4, -0.2) is 41.1 Å². The highest BCUT2D eigenvalue weighted by Gasteiger charge is 2.45. The third-order valence-electron chi connectivity index (χ3n) is 2.23. The average Bonchev–Trinajstić information content (AvgIpc) is 2.42. The zero-order valence-corrected chi connectivity index (χ0v) is 7.89. The number of rotatable bonds is 1. The second kappa shape index (κ2) is 3.65. The van der Waals surface area contributed by atoms with Crippen molar-refractivity contribution in [3.8, 4) is 0 Å². The van der Waals surface area contributed by atoms with E-state index in [1.165, 1.54) is 0 Å². The van der Waals surface area contributed by atoms with Gasteiger partial charge in [0.25, 0.3) is 0 Å². The molecule has 6 nitrogen and oxygen atoms in total. The smallest absolute Gasteiger partial charge is 0.414 e. The highest BCUT2D eigenvalue weighted by Crippen LogP contribution is 2.25. The first kappa shape index (κ1) is 10.5. The summed E-state index contributed by atoms with van der Waals surface area (Å²) in [5.41, 5.74) is 0.